The third-order valence-electron chi connectivity index (χ3n) is 4.02. The number of hydrogen-bond acceptors (Lipinski definition) is 2. The van der Waals surface area contributed by atoms with E-state index in [0.717, 1.165) is 19.3 Å². The number of benzene rings is 1. The second-order valence-corrected chi connectivity index (χ2v) is 6.30. The number of nitrogens with one attached hydrogen (secondary N) is 1. The monoisotopic (exact) mass is 329 g/mol. The Morgan fingerprint density at radius 3 is 2.48 bits per heavy atom. The van der Waals surface area contributed by atoms with E-state index in [-0.39, 0.29) is 12.1 Å². The van der Waals surface area contributed by atoms with Crippen LogP contribution in [0.5, 0.6) is 0 Å². The van der Waals surface area contributed by atoms with Crippen LogP contribution in [0.2, 0.25) is 10.0 Å². The molecular weight excluding hydrogens is 313 g/mol. The predicted octanol–water partition coefficient (Wildman–Crippen LogP) is 3.76. The fourth-order valence-electron chi connectivity index (χ4n) is 2.71. The highest BCUT2D eigenvalue weighted by Crippen LogP contribution is 2.36. The average Bonchev–Trinajstić information content (AvgIpc) is 2.48. The molecule has 4 nitrogen and oxygen atoms in total. The highest BCUT2D eigenvalue weighted by Gasteiger charge is 2.39. The van der Waals surface area contributed by atoms with Crippen molar-refractivity contribution in [1.29, 1.82) is 0 Å². The number of carbonyl (C=O) groups is 2. The summed E-state index contributed by atoms with van der Waals surface area (Å²) in [5, 5.41) is 12.9. The number of aliphatic carboxylic acids is 1. The van der Waals surface area contributed by atoms with Crippen LogP contribution in [0.4, 0.5) is 0 Å². The fourth-order valence-corrected chi connectivity index (χ4v) is 3.09. The van der Waals surface area contributed by atoms with Crippen LogP contribution >= 0.6 is 23.2 Å². The van der Waals surface area contributed by atoms with E-state index in [9.17, 15) is 14.7 Å². The van der Waals surface area contributed by atoms with Gasteiger partial charge in [-0.15, -0.1) is 0 Å². The summed E-state index contributed by atoms with van der Waals surface area (Å²) in [6.07, 6.45) is 3.97. The van der Waals surface area contributed by atoms with E-state index in [0.29, 0.717) is 22.9 Å². The molecule has 1 saturated carbocycles. The van der Waals surface area contributed by atoms with Gasteiger partial charge in [-0.3, -0.25) is 9.59 Å². The van der Waals surface area contributed by atoms with Crippen LogP contribution in [0, 0.1) is 5.41 Å². The number of carbonyl (C=O) groups excluding carboxylic acids is 1. The summed E-state index contributed by atoms with van der Waals surface area (Å²) in [6.45, 7) is 0.115. The van der Waals surface area contributed by atoms with Crippen LogP contribution in [0.15, 0.2) is 18.2 Å². The van der Waals surface area contributed by atoms with E-state index in [1.165, 1.54) is 6.07 Å². The molecular formula is C15H17Cl2NO3. The summed E-state index contributed by atoms with van der Waals surface area (Å²) < 4.78 is 0. The molecule has 1 amide bonds. The predicted molar refractivity (Wildman–Crippen MR) is 81.9 cm³/mol. The van der Waals surface area contributed by atoms with Crippen molar-refractivity contribution in [3.63, 3.8) is 0 Å². The quantitative estimate of drug-likeness (QED) is 0.883. The van der Waals surface area contributed by atoms with Crippen LogP contribution < -0.4 is 5.32 Å². The molecule has 0 bridgehead atoms. The van der Waals surface area contributed by atoms with Gasteiger partial charge in [0.05, 0.1) is 16.0 Å². The van der Waals surface area contributed by atoms with Crippen molar-refractivity contribution in [1.82, 2.24) is 5.32 Å². The Hall–Kier alpha value is -1.26. The Balaban J connectivity index is 2.08. The summed E-state index contributed by atoms with van der Waals surface area (Å²) in [5.41, 5.74) is -0.598. The van der Waals surface area contributed by atoms with Crippen molar-refractivity contribution >= 4 is 35.1 Å². The van der Waals surface area contributed by atoms with E-state index in [1.807, 2.05) is 0 Å². The Morgan fingerprint density at radius 2 is 1.86 bits per heavy atom. The second-order valence-electron chi connectivity index (χ2n) is 5.45. The minimum Gasteiger partial charge on any atom is -0.481 e. The first kappa shape index (κ1) is 16.1. The molecule has 0 spiro atoms. The molecule has 0 saturated heterocycles. The highest BCUT2D eigenvalue weighted by molar-refractivity contribution is 6.35. The van der Waals surface area contributed by atoms with Gasteiger partial charge in [-0.1, -0.05) is 42.5 Å². The number of carboxylic acids is 1. The molecule has 0 unspecified atom stereocenters. The zero-order valence-electron chi connectivity index (χ0n) is 11.5. The number of hydrogen-bond donors (Lipinski definition) is 2. The van der Waals surface area contributed by atoms with Gasteiger partial charge in [-0.2, -0.15) is 0 Å². The first-order valence-electron chi connectivity index (χ1n) is 6.91. The van der Waals surface area contributed by atoms with Gasteiger partial charge in [0.25, 0.3) is 5.91 Å². The molecule has 0 radical (unpaired) electrons. The molecule has 0 aromatic heterocycles. The maximum Gasteiger partial charge on any atom is 0.311 e. The van der Waals surface area contributed by atoms with Crippen LogP contribution in [-0.4, -0.2) is 23.5 Å². The van der Waals surface area contributed by atoms with E-state index < -0.39 is 17.3 Å². The summed E-state index contributed by atoms with van der Waals surface area (Å²) in [7, 11) is 0. The standard InChI is InChI=1S/C15H17Cl2NO3/c16-10-4-5-12(17)11(8-10)13(19)18-9-15(14(20)21)6-2-1-3-7-15/h4-5,8H,1-3,6-7,9H2,(H,18,19)(H,20,21). The Morgan fingerprint density at radius 1 is 1.19 bits per heavy atom. The van der Waals surface area contributed by atoms with E-state index in [2.05, 4.69) is 5.32 Å². The molecule has 1 aromatic carbocycles. The smallest absolute Gasteiger partial charge is 0.311 e. The van der Waals surface area contributed by atoms with Gasteiger partial charge in [-0.05, 0) is 31.0 Å². The van der Waals surface area contributed by atoms with E-state index >= 15 is 0 Å². The normalized spacial score (nSPS) is 17.2. The van der Waals surface area contributed by atoms with E-state index in [1.54, 1.807) is 12.1 Å². The van der Waals surface area contributed by atoms with Crippen LogP contribution in [0.25, 0.3) is 0 Å². The first-order chi connectivity index (χ1) is 9.94. The van der Waals surface area contributed by atoms with Gasteiger partial charge in [0.2, 0.25) is 0 Å². The molecule has 6 heteroatoms. The molecule has 0 heterocycles. The van der Waals surface area contributed by atoms with Crippen LogP contribution in [0.1, 0.15) is 42.5 Å². The van der Waals surface area contributed by atoms with Gasteiger partial charge in [0, 0.05) is 11.6 Å². The summed E-state index contributed by atoms with van der Waals surface area (Å²) in [5.74, 6) is -1.24. The topological polar surface area (TPSA) is 66.4 Å². The molecule has 1 aliphatic rings. The zero-order valence-corrected chi connectivity index (χ0v) is 13.0. The fraction of sp³-hybridized carbons (Fsp3) is 0.467. The minimum atomic E-state index is -0.862. The van der Waals surface area contributed by atoms with Gasteiger partial charge >= 0.3 is 5.97 Å². The molecule has 2 rings (SSSR count). The lowest BCUT2D eigenvalue weighted by molar-refractivity contribution is -0.150. The second kappa shape index (κ2) is 6.67. The maximum atomic E-state index is 12.2. The highest BCUT2D eigenvalue weighted by atomic mass is 35.5. The Bertz CT molecular complexity index is 554. The summed E-state index contributed by atoms with van der Waals surface area (Å²) in [6, 6.07) is 4.63. The summed E-state index contributed by atoms with van der Waals surface area (Å²) in [4.78, 5) is 23.7. The molecule has 21 heavy (non-hydrogen) atoms. The van der Waals surface area contributed by atoms with Crippen LogP contribution in [-0.2, 0) is 4.79 Å². The first-order valence-corrected chi connectivity index (χ1v) is 7.67. The lowest BCUT2D eigenvalue weighted by Gasteiger charge is -2.33. The van der Waals surface area contributed by atoms with Crippen LogP contribution in [0.3, 0.4) is 0 Å². The Labute approximate surface area is 133 Å². The lowest BCUT2D eigenvalue weighted by Crippen LogP contribution is -2.44. The largest absolute Gasteiger partial charge is 0.481 e. The van der Waals surface area contributed by atoms with Gasteiger partial charge < -0.3 is 10.4 Å². The SMILES string of the molecule is O=C(NCC1(C(=O)O)CCCCC1)c1cc(Cl)ccc1Cl. The van der Waals surface area contributed by atoms with Crippen molar-refractivity contribution in [2.75, 3.05) is 6.54 Å². The molecule has 114 valence electrons. The molecule has 0 atom stereocenters. The Kier molecular flexibility index (Phi) is 5.12. The zero-order chi connectivity index (χ0) is 15.5. The van der Waals surface area contributed by atoms with Crippen molar-refractivity contribution < 1.29 is 14.7 Å². The summed E-state index contributed by atoms with van der Waals surface area (Å²) >= 11 is 11.8. The molecule has 0 aliphatic heterocycles. The van der Waals surface area contributed by atoms with Crippen molar-refractivity contribution in [3.05, 3.63) is 33.8 Å². The number of amides is 1. The third kappa shape index (κ3) is 3.69. The third-order valence-corrected chi connectivity index (χ3v) is 4.59. The average molecular weight is 330 g/mol. The number of halogens is 2. The van der Waals surface area contributed by atoms with Gasteiger partial charge in [0.1, 0.15) is 0 Å². The van der Waals surface area contributed by atoms with Crippen molar-refractivity contribution in [2.24, 2.45) is 5.41 Å². The van der Waals surface area contributed by atoms with Gasteiger partial charge in [0.15, 0.2) is 0 Å². The molecule has 1 aromatic rings. The number of carboxylic acid groups (broad SMARTS) is 1. The maximum absolute atomic E-state index is 12.2. The molecule has 2 N–H and O–H groups in total. The minimum absolute atomic E-state index is 0.115. The van der Waals surface area contributed by atoms with Crippen molar-refractivity contribution in [2.45, 2.75) is 32.1 Å². The van der Waals surface area contributed by atoms with Gasteiger partial charge in [-0.25, -0.2) is 0 Å². The lowest BCUT2D eigenvalue weighted by atomic mass is 9.74. The van der Waals surface area contributed by atoms with E-state index in [4.69, 9.17) is 23.2 Å². The number of rotatable bonds is 4. The van der Waals surface area contributed by atoms with Crippen molar-refractivity contribution in [3.8, 4) is 0 Å². The molecule has 1 fully saturated rings. The molecule has 1 aliphatic carbocycles.